The highest BCUT2D eigenvalue weighted by atomic mass is 35.5. The molecule has 0 spiro atoms. The Morgan fingerprint density at radius 1 is 1.12 bits per heavy atom. The highest BCUT2D eigenvalue weighted by molar-refractivity contribution is 6.30. The average molecular weight is 505 g/mol. The van der Waals surface area contributed by atoms with E-state index in [1.807, 2.05) is 0 Å². The highest BCUT2D eigenvalue weighted by Gasteiger charge is 2.69. The third-order valence-corrected chi connectivity index (χ3v) is 7.19. The van der Waals surface area contributed by atoms with Crippen molar-refractivity contribution in [1.29, 1.82) is 0 Å². The molecule has 2 amide bonds. The van der Waals surface area contributed by atoms with E-state index in [4.69, 9.17) is 21.1 Å². The number of carbonyl (C=O) groups excluding carboxylic acids is 2. The van der Waals surface area contributed by atoms with Gasteiger partial charge in [0.05, 0.1) is 18.3 Å². The molecule has 4 aliphatic carbocycles. The van der Waals surface area contributed by atoms with E-state index in [2.05, 4.69) is 15.4 Å². The molecule has 0 unspecified atom stereocenters. The minimum atomic E-state index is -4.66. The molecular weight excluding hydrogens is 481 g/mol. The summed E-state index contributed by atoms with van der Waals surface area (Å²) in [6.07, 6.45) is -5.66. The predicted molar refractivity (Wildman–Crippen MR) is 111 cm³/mol. The quantitative estimate of drug-likeness (QED) is 0.527. The van der Waals surface area contributed by atoms with E-state index in [1.165, 1.54) is 0 Å². The number of aliphatic hydroxyl groups is 1. The molecule has 12 heteroatoms. The number of benzene rings is 1. The number of hydrogen-bond acceptors (Lipinski definition) is 6. The molecule has 2 atom stereocenters. The van der Waals surface area contributed by atoms with Crippen molar-refractivity contribution in [2.24, 2.45) is 0 Å². The third kappa shape index (κ3) is 4.71. The number of nitrogens with one attached hydrogen (secondary N) is 2. The Balaban J connectivity index is 1.03. The molecule has 4 fully saturated rings. The number of halogens is 4. The maximum Gasteiger partial charge on any atom is 0.522 e. The summed E-state index contributed by atoms with van der Waals surface area (Å²) < 4.78 is 51.4. The first kappa shape index (κ1) is 23.7. The second kappa shape index (κ2) is 8.25. The minimum absolute atomic E-state index is 0.0997. The fourth-order valence-electron chi connectivity index (χ4n) is 5.44. The van der Waals surface area contributed by atoms with E-state index >= 15 is 0 Å². The second-order valence-electron chi connectivity index (χ2n) is 9.76. The van der Waals surface area contributed by atoms with Crippen molar-refractivity contribution in [3.05, 3.63) is 28.8 Å². The molecule has 0 saturated heterocycles. The molecule has 1 aliphatic heterocycles. The van der Waals surface area contributed by atoms with Crippen LogP contribution < -0.4 is 15.4 Å². The Hall–Kier alpha value is -2.08. The van der Waals surface area contributed by atoms with Crippen molar-refractivity contribution in [2.75, 3.05) is 6.61 Å². The molecule has 186 valence electrons. The van der Waals surface area contributed by atoms with Gasteiger partial charge in [0.2, 0.25) is 5.91 Å². The fourth-order valence-corrected chi connectivity index (χ4v) is 5.62. The number of carbonyl (C=O) groups is 2. The number of alkyl halides is 3. The Bertz CT molecular complexity index is 980. The standard InChI is InChI=1S/C22H24ClF3N2O6/c23-11-1-2-16-14(3-11)15(29)6-17(33-16)19(31)28-21-8-20(9-21,10-21)27-18(30)7-32-12-4-13(5-12)34-22(24,25)26/h1-3,12-13,15,17,29H,4-10H2,(H,27,30)(H,28,31)/t12-,13+,15-,17-,20?,21?/m1/s1. The van der Waals surface area contributed by atoms with Crippen molar-refractivity contribution in [1.82, 2.24) is 10.6 Å². The van der Waals surface area contributed by atoms with Gasteiger partial charge < -0.3 is 25.2 Å². The Labute approximate surface area is 198 Å². The lowest BCUT2D eigenvalue weighted by Crippen LogP contribution is -2.84. The average Bonchev–Trinajstić information content (AvgIpc) is 2.66. The van der Waals surface area contributed by atoms with Gasteiger partial charge in [-0.25, -0.2) is 0 Å². The van der Waals surface area contributed by atoms with E-state index < -0.39 is 41.9 Å². The van der Waals surface area contributed by atoms with Gasteiger partial charge in [0.1, 0.15) is 12.4 Å². The van der Waals surface area contributed by atoms with E-state index in [0.717, 1.165) is 0 Å². The lowest BCUT2D eigenvalue weighted by molar-refractivity contribution is -0.357. The lowest BCUT2D eigenvalue weighted by Gasteiger charge is -2.70. The summed E-state index contributed by atoms with van der Waals surface area (Å²) in [6, 6.07) is 4.87. The number of hydrogen-bond donors (Lipinski definition) is 3. The maximum absolute atomic E-state index is 12.7. The molecule has 6 rings (SSSR count). The van der Waals surface area contributed by atoms with E-state index in [0.29, 0.717) is 35.6 Å². The van der Waals surface area contributed by atoms with Crippen LogP contribution in [-0.2, 0) is 19.1 Å². The topological polar surface area (TPSA) is 106 Å². The zero-order chi connectivity index (χ0) is 24.3. The van der Waals surface area contributed by atoms with Crippen LogP contribution in [0.3, 0.4) is 0 Å². The third-order valence-electron chi connectivity index (χ3n) is 6.96. The van der Waals surface area contributed by atoms with Gasteiger partial charge in [-0.2, -0.15) is 0 Å². The predicted octanol–water partition coefficient (Wildman–Crippen LogP) is 2.52. The van der Waals surface area contributed by atoms with Gasteiger partial charge in [-0.1, -0.05) is 11.6 Å². The van der Waals surface area contributed by atoms with Crippen LogP contribution in [0.2, 0.25) is 5.02 Å². The summed E-state index contributed by atoms with van der Waals surface area (Å²) in [5, 5.41) is 16.7. The van der Waals surface area contributed by atoms with Crippen molar-refractivity contribution in [2.45, 2.75) is 80.4 Å². The molecule has 0 radical (unpaired) electrons. The minimum Gasteiger partial charge on any atom is -0.480 e. The number of aliphatic hydroxyl groups excluding tert-OH is 1. The molecular formula is C22H24ClF3N2O6. The van der Waals surface area contributed by atoms with Crippen LogP contribution in [0.15, 0.2) is 18.2 Å². The van der Waals surface area contributed by atoms with Crippen LogP contribution in [0.4, 0.5) is 13.2 Å². The first-order chi connectivity index (χ1) is 15.9. The van der Waals surface area contributed by atoms with Crippen molar-refractivity contribution in [3.63, 3.8) is 0 Å². The molecule has 1 aromatic carbocycles. The first-order valence-electron chi connectivity index (χ1n) is 11.1. The molecule has 1 heterocycles. The van der Waals surface area contributed by atoms with Crippen LogP contribution in [0.1, 0.15) is 50.2 Å². The Kier molecular flexibility index (Phi) is 5.74. The molecule has 2 bridgehead atoms. The maximum atomic E-state index is 12.7. The van der Waals surface area contributed by atoms with Gasteiger partial charge in [0.25, 0.3) is 5.91 Å². The zero-order valence-electron chi connectivity index (χ0n) is 18.0. The van der Waals surface area contributed by atoms with Gasteiger partial charge in [0, 0.05) is 40.9 Å². The second-order valence-corrected chi connectivity index (χ2v) is 10.2. The van der Waals surface area contributed by atoms with Gasteiger partial charge in [-0.05, 0) is 37.5 Å². The smallest absolute Gasteiger partial charge is 0.480 e. The first-order valence-corrected chi connectivity index (χ1v) is 11.4. The monoisotopic (exact) mass is 504 g/mol. The van der Waals surface area contributed by atoms with Crippen LogP contribution in [-0.4, -0.2) is 59.3 Å². The van der Waals surface area contributed by atoms with Gasteiger partial charge in [0.15, 0.2) is 6.10 Å². The van der Waals surface area contributed by atoms with Crippen LogP contribution in [0.25, 0.3) is 0 Å². The molecule has 1 aromatic rings. The summed E-state index contributed by atoms with van der Waals surface area (Å²) in [5.74, 6) is -0.232. The summed E-state index contributed by atoms with van der Waals surface area (Å²) in [7, 11) is 0. The summed E-state index contributed by atoms with van der Waals surface area (Å²) >= 11 is 5.95. The van der Waals surface area contributed by atoms with E-state index in [-0.39, 0.29) is 37.7 Å². The Morgan fingerprint density at radius 2 is 1.79 bits per heavy atom. The zero-order valence-corrected chi connectivity index (χ0v) is 18.7. The molecule has 0 aromatic heterocycles. The fraction of sp³-hybridized carbons (Fsp3) is 0.636. The summed E-state index contributed by atoms with van der Waals surface area (Å²) in [4.78, 5) is 24.9. The number of fused-ring (bicyclic) bond motifs is 1. The molecule has 8 nitrogen and oxygen atoms in total. The molecule has 34 heavy (non-hydrogen) atoms. The Morgan fingerprint density at radius 3 is 2.47 bits per heavy atom. The van der Waals surface area contributed by atoms with Crippen molar-refractivity contribution in [3.8, 4) is 5.75 Å². The van der Waals surface area contributed by atoms with Crippen molar-refractivity contribution >= 4 is 23.4 Å². The summed E-state index contributed by atoms with van der Waals surface area (Å²) in [5.41, 5.74) is -0.252. The van der Waals surface area contributed by atoms with Crippen LogP contribution in [0.5, 0.6) is 5.75 Å². The summed E-state index contributed by atoms with van der Waals surface area (Å²) in [6.45, 7) is -0.234. The SMILES string of the molecule is O=C(CO[C@H]1C[C@@H](OC(F)(F)F)C1)NC12CC(NC(=O)[C@H]3C[C@@H](O)c4cc(Cl)ccc4O3)(C1)C2. The molecule has 4 saturated carbocycles. The van der Waals surface area contributed by atoms with Gasteiger partial charge in [-0.3, -0.25) is 14.3 Å². The molecule has 5 aliphatic rings. The lowest BCUT2D eigenvalue weighted by atomic mass is 9.44. The highest BCUT2D eigenvalue weighted by Crippen LogP contribution is 2.60. The van der Waals surface area contributed by atoms with Gasteiger partial charge >= 0.3 is 6.36 Å². The van der Waals surface area contributed by atoms with Crippen LogP contribution >= 0.6 is 11.6 Å². The van der Waals surface area contributed by atoms with Crippen LogP contribution in [0, 0.1) is 0 Å². The normalized spacial score (nSPS) is 35.6. The number of rotatable bonds is 7. The largest absolute Gasteiger partial charge is 0.522 e. The molecule has 3 N–H and O–H groups in total. The van der Waals surface area contributed by atoms with E-state index in [1.54, 1.807) is 18.2 Å². The number of ether oxygens (including phenoxy) is 3. The van der Waals surface area contributed by atoms with E-state index in [9.17, 15) is 27.9 Å². The number of amides is 2. The van der Waals surface area contributed by atoms with Gasteiger partial charge in [-0.15, -0.1) is 13.2 Å². The van der Waals surface area contributed by atoms with Crippen molar-refractivity contribution < 1.29 is 42.1 Å².